The molecule has 2 rings (SSSR count). The number of nitro benzene ring substituents is 1. The monoisotopic (exact) mass is 403 g/mol. The van der Waals surface area contributed by atoms with Gasteiger partial charge in [-0.3, -0.25) is 19.7 Å². The van der Waals surface area contributed by atoms with E-state index in [0.29, 0.717) is 17.1 Å². The fourth-order valence-corrected chi connectivity index (χ4v) is 2.92. The maximum atomic E-state index is 13.0. The highest BCUT2D eigenvalue weighted by molar-refractivity contribution is 6.30. The number of hydrogen-bond acceptors (Lipinski definition) is 4. The molecule has 1 atom stereocenters. The lowest BCUT2D eigenvalue weighted by atomic mass is 10.1. The number of nitro groups is 1. The molecule has 0 heterocycles. The zero-order valence-corrected chi connectivity index (χ0v) is 16.5. The Labute approximate surface area is 168 Å². The van der Waals surface area contributed by atoms with Crippen molar-refractivity contribution in [3.05, 3.63) is 74.8 Å². The molecule has 2 amide bonds. The van der Waals surface area contributed by atoms with Crippen LogP contribution in [0.15, 0.2) is 48.5 Å². The molecule has 0 aliphatic rings. The molecule has 7 nitrogen and oxygen atoms in total. The van der Waals surface area contributed by atoms with Gasteiger partial charge in [0.2, 0.25) is 11.8 Å². The lowest BCUT2D eigenvalue weighted by Crippen LogP contribution is -2.48. The summed E-state index contributed by atoms with van der Waals surface area (Å²) in [5.41, 5.74) is 0.992. The van der Waals surface area contributed by atoms with Crippen molar-refractivity contribution in [1.29, 1.82) is 0 Å². The van der Waals surface area contributed by atoms with Crippen LogP contribution in [0.1, 0.15) is 25.0 Å². The number of nitrogens with zero attached hydrogens (tertiary/aromatic N) is 2. The van der Waals surface area contributed by atoms with Gasteiger partial charge in [0.15, 0.2) is 0 Å². The maximum absolute atomic E-state index is 13.0. The van der Waals surface area contributed by atoms with Crippen LogP contribution in [0.3, 0.4) is 0 Å². The van der Waals surface area contributed by atoms with Gasteiger partial charge >= 0.3 is 0 Å². The number of carbonyl (C=O) groups is 2. The third kappa shape index (κ3) is 5.53. The molecule has 0 aliphatic carbocycles. The fraction of sp³-hybridized carbons (Fsp3) is 0.300. The molecule has 28 heavy (non-hydrogen) atoms. The quantitative estimate of drug-likeness (QED) is 0.540. The number of hydrogen-bond donors (Lipinski definition) is 1. The van der Waals surface area contributed by atoms with Crippen LogP contribution in [0.25, 0.3) is 0 Å². The molecule has 0 radical (unpaired) electrons. The Morgan fingerprint density at radius 1 is 1.18 bits per heavy atom. The second-order valence-electron chi connectivity index (χ2n) is 6.28. The summed E-state index contributed by atoms with van der Waals surface area (Å²) in [6.45, 7) is 4.06. The normalized spacial score (nSPS) is 11.5. The smallest absolute Gasteiger partial charge is 0.273 e. The molecule has 8 heteroatoms. The summed E-state index contributed by atoms with van der Waals surface area (Å²) >= 11 is 5.91. The van der Waals surface area contributed by atoms with Crippen LogP contribution in [0.5, 0.6) is 0 Å². The van der Waals surface area contributed by atoms with E-state index >= 15 is 0 Å². The summed E-state index contributed by atoms with van der Waals surface area (Å²) in [7, 11) is 0. The summed E-state index contributed by atoms with van der Waals surface area (Å²) in [4.78, 5) is 37.5. The number of nitrogens with one attached hydrogen (secondary N) is 1. The minimum absolute atomic E-state index is 0.118. The predicted octanol–water partition coefficient (Wildman–Crippen LogP) is 3.34. The first-order chi connectivity index (χ1) is 13.3. The number of likely N-dealkylation sites (N-methyl/N-ethyl adjacent to an activating group) is 1. The Morgan fingerprint density at radius 3 is 2.43 bits per heavy atom. The summed E-state index contributed by atoms with van der Waals surface area (Å²) < 4.78 is 0. The Morgan fingerprint density at radius 2 is 1.82 bits per heavy atom. The third-order valence-electron chi connectivity index (χ3n) is 4.31. The van der Waals surface area contributed by atoms with E-state index in [-0.39, 0.29) is 30.5 Å². The van der Waals surface area contributed by atoms with E-state index < -0.39 is 11.0 Å². The number of rotatable bonds is 8. The average molecular weight is 404 g/mol. The van der Waals surface area contributed by atoms with Crippen LogP contribution in [0.2, 0.25) is 5.02 Å². The molecule has 0 spiro atoms. The van der Waals surface area contributed by atoms with Crippen molar-refractivity contribution in [3.63, 3.8) is 0 Å². The maximum Gasteiger partial charge on any atom is 0.273 e. The standard InChI is InChI=1S/C20H22ClN3O4/c1-3-22-20(26)14(2)23(13-15-8-10-17(21)11-9-15)19(25)12-16-6-4-5-7-18(16)24(27)28/h4-11,14H,3,12-13H2,1-2H3,(H,22,26)/t14-/m1/s1. The van der Waals surface area contributed by atoms with Crippen LogP contribution < -0.4 is 5.32 Å². The Kier molecular flexibility index (Phi) is 7.52. The molecular weight excluding hydrogens is 382 g/mol. The van der Waals surface area contributed by atoms with Crippen molar-refractivity contribution in [2.75, 3.05) is 6.54 Å². The number of amides is 2. The molecule has 0 fully saturated rings. The van der Waals surface area contributed by atoms with Gasteiger partial charge in [0, 0.05) is 29.7 Å². The van der Waals surface area contributed by atoms with Crippen molar-refractivity contribution in [2.45, 2.75) is 32.9 Å². The van der Waals surface area contributed by atoms with E-state index in [4.69, 9.17) is 11.6 Å². The SMILES string of the molecule is CCNC(=O)[C@@H](C)N(Cc1ccc(Cl)cc1)C(=O)Cc1ccccc1[N+](=O)[O-]. The number of carbonyl (C=O) groups excluding carboxylic acids is 2. The second-order valence-corrected chi connectivity index (χ2v) is 6.72. The molecule has 1 N–H and O–H groups in total. The van der Waals surface area contributed by atoms with Crippen molar-refractivity contribution in [3.8, 4) is 0 Å². The van der Waals surface area contributed by atoms with E-state index in [2.05, 4.69) is 5.32 Å². The molecule has 2 aromatic rings. The van der Waals surface area contributed by atoms with Gasteiger partial charge in [0.25, 0.3) is 5.69 Å². The molecule has 0 saturated carbocycles. The van der Waals surface area contributed by atoms with Gasteiger partial charge in [-0.1, -0.05) is 41.9 Å². The van der Waals surface area contributed by atoms with Crippen LogP contribution >= 0.6 is 11.6 Å². The first-order valence-corrected chi connectivity index (χ1v) is 9.25. The Bertz CT molecular complexity index is 855. The van der Waals surface area contributed by atoms with Crippen molar-refractivity contribution >= 4 is 29.1 Å². The summed E-state index contributed by atoms with van der Waals surface area (Å²) in [5.74, 6) is -0.657. The topological polar surface area (TPSA) is 92.6 Å². The highest BCUT2D eigenvalue weighted by Crippen LogP contribution is 2.20. The molecule has 0 aromatic heterocycles. The van der Waals surface area contributed by atoms with Crippen LogP contribution in [0.4, 0.5) is 5.69 Å². The molecule has 0 aliphatic heterocycles. The Balaban J connectivity index is 2.29. The summed E-state index contributed by atoms with van der Waals surface area (Å²) in [6.07, 6.45) is -0.172. The molecule has 2 aromatic carbocycles. The van der Waals surface area contributed by atoms with Gasteiger partial charge < -0.3 is 10.2 Å². The summed E-state index contributed by atoms with van der Waals surface area (Å²) in [5, 5.41) is 14.5. The van der Waals surface area contributed by atoms with Crippen molar-refractivity contribution < 1.29 is 14.5 Å². The number of benzene rings is 2. The van der Waals surface area contributed by atoms with Gasteiger partial charge in [-0.15, -0.1) is 0 Å². The van der Waals surface area contributed by atoms with Crippen LogP contribution in [0, 0.1) is 10.1 Å². The van der Waals surface area contributed by atoms with Gasteiger partial charge in [-0.05, 0) is 31.5 Å². The lowest BCUT2D eigenvalue weighted by Gasteiger charge is -2.28. The third-order valence-corrected chi connectivity index (χ3v) is 4.57. The first kappa shape index (κ1) is 21.4. The molecular formula is C20H22ClN3O4. The highest BCUT2D eigenvalue weighted by atomic mass is 35.5. The second kappa shape index (κ2) is 9.85. The van der Waals surface area contributed by atoms with Crippen LogP contribution in [-0.2, 0) is 22.6 Å². The van der Waals surface area contributed by atoms with Gasteiger partial charge in [-0.2, -0.15) is 0 Å². The average Bonchev–Trinajstić information content (AvgIpc) is 2.67. The largest absolute Gasteiger partial charge is 0.355 e. The van der Waals surface area contributed by atoms with Gasteiger partial charge in [0.1, 0.15) is 6.04 Å². The molecule has 0 saturated heterocycles. The lowest BCUT2D eigenvalue weighted by molar-refractivity contribution is -0.385. The van der Waals surface area contributed by atoms with Gasteiger partial charge in [-0.25, -0.2) is 0 Å². The number of halogens is 1. The molecule has 148 valence electrons. The minimum Gasteiger partial charge on any atom is -0.355 e. The van der Waals surface area contributed by atoms with Crippen molar-refractivity contribution in [1.82, 2.24) is 10.2 Å². The van der Waals surface area contributed by atoms with E-state index in [0.717, 1.165) is 5.56 Å². The first-order valence-electron chi connectivity index (χ1n) is 8.87. The van der Waals surface area contributed by atoms with E-state index in [9.17, 15) is 19.7 Å². The van der Waals surface area contributed by atoms with E-state index in [1.807, 2.05) is 0 Å². The van der Waals surface area contributed by atoms with Crippen molar-refractivity contribution in [2.24, 2.45) is 0 Å². The fourth-order valence-electron chi connectivity index (χ4n) is 2.79. The summed E-state index contributed by atoms with van der Waals surface area (Å²) in [6, 6.07) is 12.3. The van der Waals surface area contributed by atoms with E-state index in [1.165, 1.54) is 11.0 Å². The van der Waals surface area contributed by atoms with Gasteiger partial charge in [0.05, 0.1) is 11.3 Å². The van der Waals surface area contributed by atoms with Crippen LogP contribution in [-0.4, -0.2) is 34.2 Å². The molecule has 0 unspecified atom stereocenters. The zero-order chi connectivity index (χ0) is 20.7. The zero-order valence-electron chi connectivity index (χ0n) is 15.7. The Hall–Kier alpha value is -2.93. The minimum atomic E-state index is -0.731. The molecule has 0 bridgehead atoms. The predicted molar refractivity (Wildman–Crippen MR) is 107 cm³/mol. The van der Waals surface area contributed by atoms with E-state index in [1.54, 1.807) is 56.3 Å². The highest BCUT2D eigenvalue weighted by Gasteiger charge is 2.27. The number of para-hydroxylation sites is 1.